The third-order valence-electron chi connectivity index (χ3n) is 4.21. The van der Waals surface area contributed by atoms with Gasteiger partial charge in [0.2, 0.25) is 0 Å². The van der Waals surface area contributed by atoms with Crippen molar-refractivity contribution >= 4 is 0 Å². The van der Waals surface area contributed by atoms with Gasteiger partial charge in [0.15, 0.2) is 0 Å². The SMILES string of the molecule is FC(F)(F)Oc1ccccc1C1CCC1CNC1CC1. The van der Waals surface area contributed by atoms with Gasteiger partial charge in [-0.1, -0.05) is 18.2 Å². The summed E-state index contributed by atoms with van der Waals surface area (Å²) in [6.07, 6.45) is -0.155. The van der Waals surface area contributed by atoms with Crippen molar-refractivity contribution in [3.8, 4) is 5.75 Å². The molecule has 1 N–H and O–H groups in total. The number of halogens is 3. The van der Waals surface area contributed by atoms with Crippen LogP contribution in [-0.2, 0) is 0 Å². The maximum atomic E-state index is 12.4. The van der Waals surface area contributed by atoms with Crippen LogP contribution in [0.1, 0.15) is 37.2 Å². The Morgan fingerprint density at radius 3 is 2.45 bits per heavy atom. The normalized spacial score (nSPS) is 26.1. The second kappa shape index (κ2) is 5.28. The minimum absolute atomic E-state index is 0.0406. The number of nitrogens with one attached hydrogen (secondary N) is 1. The van der Waals surface area contributed by atoms with E-state index in [9.17, 15) is 13.2 Å². The largest absolute Gasteiger partial charge is 0.573 e. The standard InChI is InChI=1S/C15H18F3NO/c16-15(17,18)20-14-4-2-1-3-13(14)12-8-5-10(12)9-19-11-6-7-11/h1-4,10-12,19H,5-9H2. The number of alkyl halides is 3. The van der Waals surface area contributed by atoms with E-state index >= 15 is 0 Å². The monoisotopic (exact) mass is 285 g/mol. The Hall–Kier alpha value is -1.23. The first-order chi connectivity index (χ1) is 9.53. The van der Waals surface area contributed by atoms with Crippen LogP contribution in [-0.4, -0.2) is 18.9 Å². The molecule has 0 radical (unpaired) electrons. The molecule has 0 aliphatic heterocycles. The predicted octanol–water partition coefficient (Wildman–Crippen LogP) is 3.83. The van der Waals surface area contributed by atoms with Crippen LogP contribution >= 0.6 is 0 Å². The molecule has 0 bridgehead atoms. The van der Waals surface area contributed by atoms with Gasteiger partial charge in [0.25, 0.3) is 0 Å². The summed E-state index contributed by atoms with van der Waals surface area (Å²) in [4.78, 5) is 0. The van der Waals surface area contributed by atoms with Crippen LogP contribution in [0.3, 0.4) is 0 Å². The van der Waals surface area contributed by atoms with Crippen molar-refractivity contribution in [1.29, 1.82) is 0 Å². The van der Waals surface area contributed by atoms with Crippen molar-refractivity contribution in [2.75, 3.05) is 6.54 Å². The van der Waals surface area contributed by atoms with Gasteiger partial charge in [-0.2, -0.15) is 0 Å². The Morgan fingerprint density at radius 1 is 1.10 bits per heavy atom. The maximum Gasteiger partial charge on any atom is 0.573 e. The van der Waals surface area contributed by atoms with Crippen molar-refractivity contribution in [2.24, 2.45) is 5.92 Å². The molecule has 20 heavy (non-hydrogen) atoms. The molecule has 2 fully saturated rings. The van der Waals surface area contributed by atoms with E-state index in [2.05, 4.69) is 10.1 Å². The smallest absolute Gasteiger partial charge is 0.405 e. The van der Waals surface area contributed by atoms with E-state index in [4.69, 9.17) is 0 Å². The lowest BCUT2D eigenvalue weighted by Crippen LogP contribution is -2.35. The van der Waals surface area contributed by atoms with E-state index in [0.29, 0.717) is 17.5 Å². The molecule has 3 rings (SSSR count). The summed E-state index contributed by atoms with van der Waals surface area (Å²) in [7, 11) is 0. The van der Waals surface area contributed by atoms with Crippen molar-refractivity contribution in [3.63, 3.8) is 0 Å². The fourth-order valence-corrected chi connectivity index (χ4v) is 2.83. The number of hydrogen-bond acceptors (Lipinski definition) is 2. The average molecular weight is 285 g/mol. The van der Waals surface area contributed by atoms with Crippen LogP contribution in [0.5, 0.6) is 5.75 Å². The molecule has 5 heteroatoms. The maximum absolute atomic E-state index is 12.4. The lowest BCUT2D eigenvalue weighted by atomic mass is 9.69. The molecular weight excluding hydrogens is 267 g/mol. The zero-order valence-corrected chi connectivity index (χ0v) is 11.1. The minimum atomic E-state index is -4.62. The molecule has 0 spiro atoms. The Bertz CT molecular complexity index is 470. The molecule has 110 valence electrons. The fraction of sp³-hybridized carbons (Fsp3) is 0.600. The van der Waals surface area contributed by atoms with Crippen LogP contribution < -0.4 is 10.1 Å². The zero-order valence-electron chi connectivity index (χ0n) is 11.1. The van der Waals surface area contributed by atoms with Crippen molar-refractivity contribution < 1.29 is 17.9 Å². The quantitative estimate of drug-likeness (QED) is 0.887. The fourth-order valence-electron chi connectivity index (χ4n) is 2.83. The van der Waals surface area contributed by atoms with Crippen molar-refractivity contribution in [3.05, 3.63) is 29.8 Å². The van der Waals surface area contributed by atoms with Crippen LogP contribution in [0.2, 0.25) is 0 Å². The van der Waals surface area contributed by atoms with Gasteiger partial charge in [-0.15, -0.1) is 13.2 Å². The van der Waals surface area contributed by atoms with E-state index < -0.39 is 6.36 Å². The van der Waals surface area contributed by atoms with Gasteiger partial charge < -0.3 is 10.1 Å². The first-order valence-corrected chi connectivity index (χ1v) is 7.11. The van der Waals surface area contributed by atoms with Gasteiger partial charge in [-0.3, -0.25) is 0 Å². The van der Waals surface area contributed by atoms with Crippen molar-refractivity contribution in [1.82, 2.24) is 5.32 Å². The molecule has 1 aromatic carbocycles. The zero-order chi connectivity index (χ0) is 14.2. The van der Waals surface area contributed by atoms with Gasteiger partial charge in [0.05, 0.1) is 0 Å². The molecule has 0 heterocycles. The lowest BCUT2D eigenvalue weighted by Gasteiger charge is -2.38. The molecule has 2 atom stereocenters. The predicted molar refractivity (Wildman–Crippen MR) is 69.6 cm³/mol. The molecule has 0 saturated heterocycles. The molecule has 2 aliphatic rings. The molecule has 2 nitrogen and oxygen atoms in total. The first kappa shape index (κ1) is 13.7. The molecule has 2 saturated carbocycles. The Labute approximate surface area is 116 Å². The second-order valence-corrected chi connectivity index (χ2v) is 5.71. The number of rotatable bonds is 5. The number of benzene rings is 1. The van der Waals surface area contributed by atoms with Gasteiger partial charge in [-0.25, -0.2) is 0 Å². The highest BCUT2D eigenvalue weighted by Crippen LogP contribution is 2.46. The lowest BCUT2D eigenvalue weighted by molar-refractivity contribution is -0.275. The van der Waals surface area contributed by atoms with E-state index in [0.717, 1.165) is 19.4 Å². The average Bonchev–Trinajstić information content (AvgIpc) is 3.12. The van der Waals surface area contributed by atoms with Crippen LogP contribution in [0.4, 0.5) is 13.2 Å². The van der Waals surface area contributed by atoms with Gasteiger partial charge in [0.1, 0.15) is 5.75 Å². The van der Waals surface area contributed by atoms with E-state index in [1.54, 1.807) is 18.2 Å². The van der Waals surface area contributed by atoms with Crippen LogP contribution in [0.15, 0.2) is 24.3 Å². The highest BCUT2D eigenvalue weighted by Gasteiger charge is 2.37. The number of ether oxygens (including phenoxy) is 1. The van der Waals surface area contributed by atoms with E-state index in [1.807, 2.05) is 0 Å². The molecule has 2 aliphatic carbocycles. The van der Waals surface area contributed by atoms with E-state index in [1.165, 1.54) is 18.9 Å². The summed E-state index contributed by atoms with van der Waals surface area (Å²) in [6.45, 7) is 0.898. The summed E-state index contributed by atoms with van der Waals surface area (Å²) in [6, 6.07) is 7.17. The number of para-hydroxylation sites is 1. The summed E-state index contributed by atoms with van der Waals surface area (Å²) in [5, 5.41) is 3.46. The van der Waals surface area contributed by atoms with Crippen molar-refractivity contribution in [2.45, 2.75) is 44.0 Å². The molecular formula is C15H18F3NO. The minimum Gasteiger partial charge on any atom is -0.405 e. The van der Waals surface area contributed by atoms with Crippen LogP contribution in [0, 0.1) is 5.92 Å². The van der Waals surface area contributed by atoms with Gasteiger partial charge in [0, 0.05) is 6.04 Å². The van der Waals surface area contributed by atoms with E-state index in [-0.39, 0.29) is 11.7 Å². The van der Waals surface area contributed by atoms with Gasteiger partial charge in [-0.05, 0) is 55.7 Å². The molecule has 0 amide bonds. The topological polar surface area (TPSA) is 21.3 Å². The third kappa shape index (κ3) is 3.26. The molecule has 0 aromatic heterocycles. The summed E-state index contributed by atoms with van der Waals surface area (Å²) >= 11 is 0. The van der Waals surface area contributed by atoms with Gasteiger partial charge >= 0.3 is 6.36 Å². The first-order valence-electron chi connectivity index (χ1n) is 7.11. The van der Waals surface area contributed by atoms with Crippen LogP contribution in [0.25, 0.3) is 0 Å². The molecule has 2 unspecified atom stereocenters. The third-order valence-corrected chi connectivity index (χ3v) is 4.21. The number of hydrogen-bond donors (Lipinski definition) is 1. The summed E-state index contributed by atoms with van der Waals surface area (Å²) in [5.74, 6) is 0.564. The Morgan fingerprint density at radius 2 is 1.85 bits per heavy atom. The summed E-state index contributed by atoms with van der Waals surface area (Å²) in [5.41, 5.74) is 0.693. The second-order valence-electron chi connectivity index (χ2n) is 5.71. The summed E-state index contributed by atoms with van der Waals surface area (Å²) < 4.78 is 41.4. The highest BCUT2D eigenvalue weighted by atomic mass is 19.4. The Kier molecular flexibility index (Phi) is 3.63. The highest BCUT2D eigenvalue weighted by molar-refractivity contribution is 5.38. The Balaban J connectivity index is 1.69. The molecule has 1 aromatic rings.